The summed E-state index contributed by atoms with van der Waals surface area (Å²) in [4.78, 5) is 32.5. The fourth-order valence-corrected chi connectivity index (χ4v) is 5.78. The summed E-state index contributed by atoms with van der Waals surface area (Å²) in [6.07, 6.45) is 5.56. The van der Waals surface area contributed by atoms with Gasteiger partial charge in [0.15, 0.2) is 4.80 Å². The van der Waals surface area contributed by atoms with E-state index in [0.717, 1.165) is 16.3 Å². The van der Waals surface area contributed by atoms with Crippen LogP contribution in [0.2, 0.25) is 0 Å². The second-order valence-electron chi connectivity index (χ2n) is 8.86. The van der Waals surface area contributed by atoms with E-state index < -0.39 is 12.0 Å². The number of allylic oxidation sites excluding steroid dienone is 2. The number of benzene rings is 3. The molecule has 0 N–H and O–H groups in total. The first-order valence-corrected chi connectivity index (χ1v) is 13.3. The van der Waals surface area contributed by atoms with Crippen molar-refractivity contribution in [3.8, 4) is 11.5 Å². The van der Waals surface area contributed by atoms with Gasteiger partial charge < -0.3 is 14.2 Å². The molecule has 0 aliphatic carbocycles. The molecule has 0 amide bonds. The van der Waals surface area contributed by atoms with E-state index in [0.29, 0.717) is 37.7 Å². The van der Waals surface area contributed by atoms with Crippen molar-refractivity contribution in [2.75, 3.05) is 20.8 Å². The van der Waals surface area contributed by atoms with Crippen LogP contribution in [0.5, 0.6) is 11.5 Å². The first-order valence-electron chi connectivity index (χ1n) is 12.5. The van der Waals surface area contributed by atoms with E-state index in [1.807, 2.05) is 72.8 Å². The largest absolute Gasteiger partial charge is 0.497 e. The van der Waals surface area contributed by atoms with E-state index in [4.69, 9.17) is 14.2 Å². The molecule has 0 spiro atoms. The Hall–Kier alpha value is -4.43. The van der Waals surface area contributed by atoms with Crippen LogP contribution in [0.4, 0.5) is 0 Å². The van der Waals surface area contributed by atoms with Crippen molar-refractivity contribution in [3.63, 3.8) is 0 Å². The van der Waals surface area contributed by atoms with E-state index in [-0.39, 0.29) is 12.2 Å². The molecule has 0 fully saturated rings. The lowest BCUT2D eigenvalue weighted by atomic mass is 9.90. The average molecular weight is 541 g/mol. The van der Waals surface area contributed by atoms with Gasteiger partial charge in [-0.05, 0) is 54.5 Å². The molecular formula is C31H28N2O5S. The second-order valence-corrected chi connectivity index (χ2v) is 9.87. The summed E-state index contributed by atoms with van der Waals surface area (Å²) in [5, 5.41) is 1.71. The number of esters is 1. The van der Waals surface area contributed by atoms with Gasteiger partial charge in [-0.1, -0.05) is 66.0 Å². The van der Waals surface area contributed by atoms with E-state index in [2.05, 4.69) is 4.99 Å². The molecule has 1 aliphatic heterocycles. The van der Waals surface area contributed by atoms with Gasteiger partial charge >= 0.3 is 5.97 Å². The zero-order chi connectivity index (χ0) is 27.5. The van der Waals surface area contributed by atoms with Crippen molar-refractivity contribution in [1.29, 1.82) is 0 Å². The smallest absolute Gasteiger partial charge is 0.338 e. The summed E-state index contributed by atoms with van der Waals surface area (Å²) < 4.78 is 18.8. The molecule has 7 nitrogen and oxygen atoms in total. The number of nitrogens with zero attached hydrogens (tertiary/aromatic N) is 2. The Morgan fingerprint density at radius 1 is 1.08 bits per heavy atom. The molecule has 198 valence electrons. The van der Waals surface area contributed by atoms with Crippen molar-refractivity contribution in [2.24, 2.45) is 4.99 Å². The molecule has 8 heteroatoms. The molecule has 2 heterocycles. The average Bonchev–Trinajstić information content (AvgIpc) is 3.26. The van der Waals surface area contributed by atoms with Crippen molar-refractivity contribution >= 4 is 40.2 Å². The van der Waals surface area contributed by atoms with Crippen LogP contribution in [0.25, 0.3) is 22.9 Å². The number of ether oxygens (including phenoxy) is 3. The number of hydrogen-bond donors (Lipinski definition) is 0. The summed E-state index contributed by atoms with van der Waals surface area (Å²) in [6, 6.07) is 18.5. The molecule has 0 radical (unpaired) electrons. The van der Waals surface area contributed by atoms with Crippen LogP contribution in [-0.4, -0.2) is 31.4 Å². The molecule has 39 heavy (non-hydrogen) atoms. The van der Waals surface area contributed by atoms with Gasteiger partial charge in [-0.25, -0.2) is 9.79 Å². The van der Waals surface area contributed by atoms with Gasteiger partial charge in [0.05, 0.1) is 36.6 Å². The minimum atomic E-state index is -0.814. The lowest BCUT2D eigenvalue weighted by Crippen LogP contribution is -2.40. The quantitative estimate of drug-likeness (QED) is 0.319. The molecule has 0 saturated carbocycles. The predicted molar refractivity (Wildman–Crippen MR) is 154 cm³/mol. The van der Waals surface area contributed by atoms with Crippen LogP contribution in [0.15, 0.2) is 87.8 Å². The third kappa shape index (κ3) is 4.91. The molecule has 5 rings (SSSR count). The molecular weight excluding hydrogens is 512 g/mol. The Kier molecular flexibility index (Phi) is 7.47. The number of fused-ring (bicyclic) bond motifs is 2. The number of rotatable bonds is 7. The molecule has 0 bridgehead atoms. The number of methoxy groups -OCH3 is 2. The number of carbonyl (C=O) groups is 1. The van der Waals surface area contributed by atoms with Crippen LogP contribution in [-0.2, 0) is 9.53 Å². The summed E-state index contributed by atoms with van der Waals surface area (Å²) in [7, 11) is 3.17. The summed E-state index contributed by atoms with van der Waals surface area (Å²) in [5.74, 6) is 0.661. The minimum absolute atomic E-state index is 0.192. The van der Waals surface area contributed by atoms with E-state index in [9.17, 15) is 9.59 Å². The van der Waals surface area contributed by atoms with Crippen LogP contribution in [0.3, 0.4) is 0 Å². The first kappa shape index (κ1) is 26.2. The Balaban J connectivity index is 1.79. The summed E-state index contributed by atoms with van der Waals surface area (Å²) in [6.45, 7) is 3.71. The van der Waals surface area contributed by atoms with Crippen molar-refractivity contribution < 1.29 is 19.0 Å². The zero-order valence-electron chi connectivity index (χ0n) is 22.1. The van der Waals surface area contributed by atoms with Gasteiger partial charge in [0.25, 0.3) is 5.56 Å². The molecule has 4 aromatic rings. The van der Waals surface area contributed by atoms with E-state index >= 15 is 0 Å². The maximum atomic E-state index is 13.9. The third-order valence-electron chi connectivity index (χ3n) is 6.58. The topological polar surface area (TPSA) is 79.1 Å². The molecule has 1 aliphatic rings. The van der Waals surface area contributed by atoms with Crippen molar-refractivity contribution in [1.82, 2.24) is 4.57 Å². The third-order valence-corrected chi connectivity index (χ3v) is 7.58. The standard InChI is InChI=1S/C31H28N2O5S/c1-5-38-30(35)26-19(2)32-31-33(29(34)25(39-31)13-9-12-20-10-7-6-8-11-20)28(26)27-23-18-22(36-3)16-14-21(23)15-17-24(27)37-4/h6-18,28H,5H2,1-4H3. The van der Waals surface area contributed by atoms with Crippen LogP contribution in [0, 0.1) is 0 Å². The number of hydrogen-bond acceptors (Lipinski definition) is 7. The lowest BCUT2D eigenvalue weighted by Gasteiger charge is -2.27. The fourth-order valence-electron chi connectivity index (χ4n) is 4.78. The van der Waals surface area contributed by atoms with Crippen molar-refractivity contribution in [3.05, 3.63) is 109 Å². The highest BCUT2D eigenvalue weighted by Gasteiger charge is 2.36. The van der Waals surface area contributed by atoms with Gasteiger partial charge in [0.2, 0.25) is 0 Å². The molecule has 1 atom stereocenters. The van der Waals surface area contributed by atoms with Crippen LogP contribution >= 0.6 is 11.3 Å². The van der Waals surface area contributed by atoms with E-state index in [1.165, 1.54) is 11.3 Å². The highest BCUT2D eigenvalue weighted by molar-refractivity contribution is 7.07. The highest BCUT2D eigenvalue weighted by Crippen LogP contribution is 2.41. The monoisotopic (exact) mass is 540 g/mol. The maximum Gasteiger partial charge on any atom is 0.338 e. The number of carbonyl (C=O) groups excluding carboxylic acids is 1. The van der Waals surface area contributed by atoms with Gasteiger partial charge in [-0.3, -0.25) is 9.36 Å². The van der Waals surface area contributed by atoms with Gasteiger partial charge in [0, 0.05) is 5.56 Å². The van der Waals surface area contributed by atoms with Crippen LogP contribution < -0.4 is 24.4 Å². The number of aromatic nitrogens is 1. The van der Waals surface area contributed by atoms with E-state index in [1.54, 1.807) is 38.7 Å². The first-order chi connectivity index (χ1) is 19.0. The van der Waals surface area contributed by atoms with Crippen LogP contribution in [0.1, 0.15) is 31.0 Å². The van der Waals surface area contributed by atoms with Gasteiger partial charge in [-0.15, -0.1) is 0 Å². The number of thiazole rings is 1. The molecule has 1 aromatic heterocycles. The summed E-state index contributed by atoms with van der Waals surface area (Å²) >= 11 is 1.28. The molecule has 1 unspecified atom stereocenters. The maximum absolute atomic E-state index is 13.9. The Labute approximate surface area is 229 Å². The molecule has 0 saturated heterocycles. The Morgan fingerprint density at radius 3 is 2.56 bits per heavy atom. The Morgan fingerprint density at radius 2 is 1.85 bits per heavy atom. The fraction of sp³-hybridized carbons (Fsp3) is 0.194. The second kappa shape index (κ2) is 11.1. The highest BCUT2D eigenvalue weighted by atomic mass is 32.1. The SMILES string of the molecule is CCOC(=O)C1=C(C)N=c2sc(=CC=Cc3ccccc3)c(=O)n2C1c1c(OC)ccc2ccc(OC)cc12. The zero-order valence-corrected chi connectivity index (χ0v) is 23.0. The summed E-state index contributed by atoms with van der Waals surface area (Å²) in [5.41, 5.74) is 2.23. The Bertz CT molecular complexity index is 1790. The molecule has 3 aromatic carbocycles. The minimum Gasteiger partial charge on any atom is -0.497 e. The predicted octanol–water partition coefficient (Wildman–Crippen LogP) is 4.63. The van der Waals surface area contributed by atoms with Gasteiger partial charge in [-0.2, -0.15) is 0 Å². The van der Waals surface area contributed by atoms with Gasteiger partial charge in [0.1, 0.15) is 17.5 Å². The normalized spacial score (nSPS) is 15.4. The van der Waals surface area contributed by atoms with Crippen molar-refractivity contribution in [2.45, 2.75) is 19.9 Å². The lowest BCUT2D eigenvalue weighted by molar-refractivity contribution is -0.139.